The molecule has 4 N–H and O–H groups in total. The summed E-state index contributed by atoms with van der Waals surface area (Å²) in [5.74, 6) is 0.989. The third-order valence-corrected chi connectivity index (χ3v) is 3.26. The van der Waals surface area contributed by atoms with Gasteiger partial charge in [0.25, 0.3) is 0 Å². The maximum atomic E-state index is 9.90. The number of rotatable bonds is 4. The molecule has 0 unspecified atom stereocenters. The van der Waals surface area contributed by atoms with Gasteiger partial charge in [-0.1, -0.05) is 36.4 Å². The first-order valence-electron chi connectivity index (χ1n) is 4.98. The highest BCUT2D eigenvalue weighted by Crippen LogP contribution is 2.44. The number of benzene rings is 2. The van der Waals surface area contributed by atoms with Gasteiger partial charge in [-0.2, -0.15) is 0 Å². The molecule has 0 aromatic heterocycles. The summed E-state index contributed by atoms with van der Waals surface area (Å²) in [6.45, 7) is -3.30. The molecule has 0 radical (unpaired) electrons. The standard InChI is InChI=1S/C12H11O3PS.H3N/c13-16(17,14-11-7-3-1-4-8-11)15-12-9-5-2-6-10-12;/h1-10H,(H,13,17);1H3. The lowest BCUT2D eigenvalue weighted by molar-refractivity contribution is 0.377. The van der Waals surface area contributed by atoms with Gasteiger partial charge in [-0.05, 0) is 24.3 Å². The number of para-hydroxylation sites is 2. The molecule has 0 bridgehead atoms. The predicted molar refractivity (Wildman–Crippen MR) is 75.7 cm³/mol. The van der Waals surface area contributed by atoms with E-state index in [2.05, 4.69) is 0 Å². The van der Waals surface area contributed by atoms with E-state index in [1.165, 1.54) is 0 Å². The van der Waals surface area contributed by atoms with Crippen molar-refractivity contribution in [2.75, 3.05) is 0 Å². The monoisotopic (exact) mass is 283 g/mol. The maximum Gasteiger partial charge on any atom is 0.432 e. The molecule has 96 valence electrons. The van der Waals surface area contributed by atoms with Gasteiger partial charge in [-0.25, -0.2) is 0 Å². The normalized spacial score (nSPS) is 10.3. The van der Waals surface area contributed by atoms with Gasteiger partial charge in [-0.15, -0.1) is 0 Å². The van der Waals surface area contributed by atoms with Gasteiger partial charge < -0.3 is 20.1 Å². The molecule has 2 aromatic carbocycles. The van der Waals surface area contributed by atoms with Crippen molar-refractivity contribution in [3.05, 3.63) is 60.7 Å². The Morgan fingerprint density at radius 1 is 0.778 bits per heavy atom. The van der Waals surface area contributed by atoms with E-state index in [4.69, 9.17) is 20.9 Å². The number of hydrogen-bond donors (Lipinski definition) is 2. The molecule has 0 aliphatic carbocycles. The lowest BCUT2D eigenvalue weighted by Gasteiger charge is -2.17. The van der Waals surface area contributed by atoms with Crippen molar-refractivity contribution in [1.29, 1.82) is 0 Å². The van der Waals surface area contributed by atoms with Crippen LogP contribution in [0.5, 0.6) is 11.5 Å². The van der Waals surface area contributed by atoms with E-state index in [0.717, 1.165) is 0 Å². The van der Waals surface area contributed by atoms with Crippen molar-refractivity contribution in [3.8, 4) is 11.5 Å². The molecule has 0 aliphatic rings. The fourth-order valence-corrected chi connectivity index (χ4v) is 2.58. The zero-order valence-electron chi connectivity index (χ0n) is 9.60. The second kappa shape index (κ2) is 6.52. The second-order valence-electron chi connectivity index (χ2n) is 3.28. The fraction of sp³-hybridized carbons (Fsp3) is 0. The SMILES string of the molecule is N.OP(=S)(Oc1ccccc1)Oc1ccccc1. The predicted octanol–water partition coefficient (Wildman–Crippen LogP) is 3.52. The molecule has 0 heterocycles. The van der Waals surface area contributed by atoms with Crippen LogP contribution in [0.15, 0.2) is 60.7 Å². The highest BCUT2D eigenvalue weighted by Gasteiger charge is 2.18. The van der Waals surface area contributed by atoms with Crippen LogP contribution >= 0.6 is 6.72 Å². The lowest BCUT2D eigenvalue weighted by atomic mass is 10.3. The topological polar surface area (TPSA) is 73.7 Å². The smallest absolute Gasteiger partial charge is 0.416 e. The third kappa shape index (κ3) is 4.47. The van der Waals surface area contributed by atoms with Crippen molar-refractivity contribution >= 4 is 18.5 Å². The quantitative estimate of drug-likeness (QED) is 0.840. The van der Waals surface area contributed by atoms with E-state index < -0.39 is 6.72 Å². The van der Waals surface area contributed by atoms with Crippen LogP contribution < -0.4 is 15.2 Å². The Labute approximate surface area is 111 Å². The average molecular weight is 283 g/mol. The van der Waals surface area contributed by atoms with Crippen molar-refractivity contribution in [2.24, 2.45) is 0 Å². The van der Waals surface area contributed by atoms with Crippen LogP contribution in [0.1, 0.15) is 0 Å². The van der Waals surface area contributed by atoms with Crippen LogP contribution in [0.4, 0.5) is 0 Å². The zero-order chi connectivity index (χ0) is 12.1. The van der Waals surface area contributed by atoms with Crippen molar-refractivity contribution in [2.45, 2.75) is 0 Å². The molecule has 6 heteroatoms. The summed E-state index contributed by atoms with van der Waals surface area (Å²) in [7, 11) is 0. The van der Waals surface area contributed by atoms with Gasteiger partial charge in [0.1, 0.15) is 11.5 Å². The Hall–Kier alpha value is -1.39. The van der Waals surface area contributed by atoms with E-state index in [1.807, 2.05) is 12.1 Å². The van der Waals surface area contributed by atoms with Crippen LogP contribution in [0.2, 0.25) is 0 Å². The fourth-order valence-electron chi connectivity index (χ4n) is 1.25. The molecular formula is C12H14NO3PS. The van der Waals surface area contributed by atoms with Gasteiger partial charge in [0.2, 0.25) is 0 Å². The lowest BCUT2D eigenvalue weighted by Crippen LogP contribution is -1.99. The van der Waals surface area contributed by atoms with E-state index in [-0.39, 0.29) is 6.15 Å². The Kier molecular flexibility index (Phi) is 5.31. The van der Waals surface area contributed by atoms with Crippen LogP contribution in [0, 0.1) is 0 Å². The zero-order valence-corrected chi connectivity index (χ0v) is 11.3. The van der Waals surface area contributed by atoms with Crippen LogP contribution in [0.25, 0.3) is 0 Å². The van der Waals surface area contributed by atoms with E-state index in [0.29, 0.717) is 11.5 Å². The molecule has 18 heavy (non-hydrogen) atoms. The van der Waals surface area contributed by atoms with Crippen molar-refractivity contribution in [3.63, 3.8) is 0 Å². The van der Waals surface area contributed by atoms with Crippen LogP contribution in [-0.4, -0.2) is 4.89 Å². The van der Waals surface area contributed by atoms with Crippen molar-refractivity contribution in [1.82, 2.24) is 6.15 Å². The molecule has 4 nitrogen and oxygen atoms in total. The minimum atomic E-state index is -3.30. The van der Waals surface area contributed by atoms with Gasteiger partial charge in [-0.3, -0.25) is 0 Å². The molecule has 0 spiro atoms. The molecule has 0 fully saturated rings. The van der Waals surface area contributed by atoms with Gasteiger partial charge in [0.15, 0.2) is 0 Å². The third-order valence-electron chi connectivity index (χ3n) is 1.93. The molecule has 0 saturated heterocycles. The van der Waals surface area contributed by atoms with Gasteiger partial charge >= 0.3 is 6.72 Å². The highest BCUT2D eigenvalue weighted by atomic mass is 32.5. The summed E-state index contributed by atoms with van der Waals surface area (Å²) in [5.41, 5.74) is 0. The Bertz CT molecular complexity index is 476. The first-order chi connectivity index (χ1) is 8.16. The molecule has 0 amide bonds. The Balaban J connectivity index is 0.00000162. The Morgan fingerprint density at radius 3 is 1.44 bits per heavy atom. The largest absolute Gasteiger partial charge is 0.432 e. The first kappa shape index (κ1) is 14.7. The van der Waals surface area contributed by atoms with Crippen LogP contribution in [0.3, 0.4) is 0 Å². The molecular weight excluding hydrogens is 269 g/mol. The highest BCUT2D eigenvalue weighted by molar-refractivity contribution is 8.07. The first-order valence-corrected chi connectivity index (χ1v) is 7.57. The maximum absolute atomic E-state index is 9.90. The minimum absolute atomic E-state index is 0. The van der Waals surface area contributed by atoms with Gasteiger partial charge in [0, 0.05) is 11.8 Å². The number of hydrogen-bond acceptors (Lipinski definition) is 4. The molecule has 0 atom stereocenters. The van der Waals surface area contributed by atoms with Gasteiger partial charge in [0.05, 0.1) is 0 Å². The summed E-state index contributed by atoms with van der Waals surface area (Å²) in [6, 6.07) is 17.8. The second-order valence-corrected chi connectivity index (χ2v) is 5.96. The van der Waals surface area contributed by atoms with Crippen LogP contribution in [-0.2, 0) is 11.8 Å². The van der Waals surface area contributed by atoms with E-state index in [9.17, 15) is 4.89 Å². The minimum Gasteiger partial charge on any atom is -0.416 e. The van der Waals surface area contributed by atoms with E-state index >= 15 is 0 Å². The average Bonchev–Trinajstić information content (AvgIpc) is 2.30. The summed E-state index contributed by atoms with van der Waals surface area (Å²) in [6.07, 6.45) is 0. The van der Waals surface area contributed by atoms with E-state index in [1.54, 1.807) is 48.5 Å². The molecule has 0 aliphatic heterocycles. The summed E-state index contributed by atoms with van der Waals surface area (Å²) in [4.78, 5) is 9.90. The summed E-state index contributed by atoms with van der Waals surface area (Å²) < 4.78 is 10.5. The summed E-state index contributed by atoms with van der Waals surface area (Å²) in [5, 5.41) is 0. The van der Waals surface area contributed by atoms with Crippen molar-refractivity contribution < 1.29 is 13.9 Å². The molecule has 2 aromatic rings. The molecule has 0 saturated carbocycles. The molecule has 2 rings (SSSR count). The Morgan fingerprint density at radius 2 is 1.11 bits per heavy atom. The summed E-state index contributed by atoms with van der Waals surface area (Å²) >= 11 is 4.93.